The van der Waals surface area contributed by atoms with Crippen molar-refractivity contribution in [2.75, 3.05) is 17.7 Å². The number of methoxy groups -OCH3 is 1. The highest BCUT2D eigenvalue weighted by Gasteiger charge is 2.37. The largest absolute Gasteiger partial charge is 0.497 e. The lowest BCUT2D eigenvalue weighted by molar-refractivity contribution is 0.0926. The third-order valence-corrected chi connectivity index (χ3v) is 5.00. The fourth-order valence-corrected chi connectivity index (χ4v) is 3.44. The minimum absolute atomic E-state index is 0.288. The van der Waals surface area contributed by atoms with Gasteiger partial charge >= 0.3 is 0 Å². The van der Waals surface area contributed by atoms with E-state index in [2.05, 4.69) is 12.1 Å². The maximum atomic E-state index is 12.7. The standard InChI is InChI=1S/C23H20N2O3/c1-28-18-13-9-16(10-14-18)6-5-15-7-11-17(12-8-15)25-22(26)19-3-2-4-20(24)21(19)23(25)27/h2-4,7-14H,5-6,24H2,1H3. The third-order valence-electron chi connectivity index (χ3n) is 5.00. The van der Waals surface area contributed by atoms with E-state index in [9.17, 15) is 9.59 Å². The van der Waals surface area contributed by atoms with E-state index in [-0.39, 0.29) is 17.4 Å². The topological polar surface area (TPSA) is 72.6 Å². The van der Waals surface area contributed by atoms with E-state index in [1.54, 1.807) is 37.4 Å². The van der Waals surface area contributed by atoms with Crippen molar-refractivity contribution in [3.05, 3.63) is 89.0 Å². The van der Waals surface area contributed by atoms with Crippen molar-refractivity contribution < 1.29 is 14.3 Å². The van der Waals surface area contributed by atoms with Gasteiger partial charge in [0, 0.05) is 5.69 Å². The average molecular weight is 372 g/mol. The van der Waals surface area contributed by atoms with Gasteiger partial charge in [-0.2, -0.15) is 0 Å². The molecule has 0 aliphatic carbocycles. The third kappa shape index (κ3) is 3.11. The SMILES string of the molecule is COc1ccc(CCc2ccc(N3C(=O)c4cccc(N)c4C3=O)cc2)cc1. The first-order valence-electron chi connectivity index (χ1n) is 9.07. The first-order valence-corrected chi connectivity index (χ1v) is 9.07. The number of rotatable bonds is 5. The number of ether oxygens (including phenoxy) is 1. The number of carbonyl (C=O) groups excluding carboxylic acids is 2. The van der Waals surface area contributed by atoms with Crippen molar-refractivity contribution in [1.29, 1.82) is 0 Å². The number of nitrogens with zero attached hydrogens (tertiary/aromatic N) is 1. The van der Waals surface area contributed by atoms with E-state index < -0.39 is 0 Å². The Labute approximate surface area is 163 Å². The normalized spacial score (nSPS) is 13.0. The summed E-state index contributed by atoms with van der Waals surface area (Å²) >= 11 is 0. The summed E-state index contributed by atoms with van der Waals surface area (Å²) in [4.78, 5) is 26.5. The molecule has 1 aliphatic rings. The van der Waals surface area contributed by atoms with Crippen molar-refractivity contribution in [2.24, 2.45) is 0 Å². The quantitative estimate of drug-likeness (QED) is 0.545. The summed E-state index contributed by atoms with van der Waals surface area (Å²) in [6, 6.07) is 20.5. The van der Waals surface area contributed by atoms with Crippen molar-refractivity contribution in [3.8, 4) is 5.75 Å². The molecule has 2 N–H and O–H groups in total. The van der Waals surface area contributed by atoms with Crippen LogP contribution in [0.25, 0.3) is 0 Å². The molecule has 28 heavy (non-hydrogen) atoms. The van der Waals surface area contributed by atoms with Crippen LogP contribution in [0.5, 0.6) is 5.75 Å². The summed E-state index contributed by atoms with van der Waals surface area (Å²) in [5, 5.41) is 0. The summed E-state index contributed by atoms with van der Waals surface area (Å²) < 4.78 is 5.17. The number of aryl methyl sites for hydroxylation is 2. The number of fused-ring (bicyclic) bond motifs is 1. The maximum Gasteiger partial charge on any atom is 0.268 e. The van der Waals surface area contributed by atoms with Gasteiger partial charge in [-0.05, 0) is 60.4 Å². The summed E-state index contributed by atoms with van der Waals surface area (Å²) in [6.45, 7) is 0. The first-order chi connectivity index (χ1) is 13.6. The zero-order valence-electron chi connectivity index (χ0n) is 15.5. The fraction of sp³-hybridized carbons (Fsp3) is 0.130. The van der Waals surface area contributed by atoms with Gasteiger partial charge in [-0.1, -0.05) is 30.3 Å². The number of anilines is 2. The Morgan fingerprint density at radius 2 is 1.43 bits per heavy atom. The number of nitrogen functional groups attached to an aromatic ring is 1. The second-order valence-corrected chi connectivity index (χ2v) is 6.73. The summed E-state index contributed by atoms with van der Waals surface area (Å²) in [5.41, 5.74) is 9.78. The molecule has 0 saturated heterocycles. The molecule has 3 aromatic carbocycles. The molecule has 3 aromatic rings. The minimum Gasteiger partial charge on any atom is -0.497 e. The Morgan fingerprint density at radius 3 is 2.00 bits per heavy atom. The number of benzene rings is 3. The molecule has 0 atom stereocenters. The molecule has 0 saturated carbocycles. The molecule has 0 unspecified atom stereocenters. The molecular weight excluding hydrogens is 352 g/mol. The van der Waals surface area contributed by atoms with Crippen LogP contribution in [0, 0.1) is 0 Å². The van der Waals surface area contributed by atoms with Crippen LogP contribution in [0.1, 0.15) is 31.8 Å². The number of hydrogen-bond acceptors (Lipinski definition) is 4. The van der Waals surface area contributed by atoms with Gasteiger partial charge in [0.25, 0.3) is 11.8 Å². The van der Waals surface area contributed by atoms with Crippen molar-refractivity contribution in [3.63, 3.8) is 0 Å². The molecule has 5 heteroatoms. The molecule has 0 radical (unpaired) electrons. The Kier molecular flexibility index (Phi) is 4.57. The predicted molar refractivity (Wildman–Crippen MR) is 109 cm³/mol. The number of hydrogen-bond donors (Lipinski definition) is 1. The Bertz CT molecular complexity index is 1040. The molecule has 1 aliphatic heterocycles. The van der Waals surface area contributed by atoms with Crippen LogP contribution in [0.3, 0.4) is 0 Å². The lowest BCUT2D eigenvalue weighted by Crippen LogP contribution is -2.29. The van der Waals surface area contributed by atoms with E-state index in [0.29, 0.717) is 16.9 Å². The van der Waals surface area contributed by atoms with Crippen LogP contribution in [-0.2, 0) is 12.8 Å². The van der Waals surface area contributed by atoms with E-state index in [1.807, 2.05) is 24.3 Å². The first kappa shape index (κ1) is 17.8. The molecule has 5 nitrogen and oxygen atoms in total. The summed E-state index contributed by atoms with van der Waals surface area (Å²) in [6.07, 6.45) is 1.76. The molecule has 140 valence electrons. The van der Waals surface area contributed by atoms with Gasteiger partial charge < -0.3 is 10.5 Å². The van der Waals surface area contributed by atoms with E-state index in [0.717, 1.165) is 24.2 Å². The van der Waals surface area contributed by atoms with Gasteiger partial charge in [0.1, 0.15) is 5.75 Å². The van der Waals surface area contributed by atoms with Crippen LogP contribution in [0.2, 0.25) is 0 Å². The van der Waals surface area contributed by atoms with Crippen LogP contribution in [0.4, 0.5) is 11.4 Å². The Hall–Kier alpha value is -3.60. The van der Waals surface area contributed by atoms with Crippen LogP contribution in [-0.4, -0.2) is 18.9 Å². The van der Waals surface area contributed by atoms with Gasteiger partial charge in [-0.15, -0.1) is 0 Å². The molecule has 0 spiro atoms. The number of amides is 2. The van der Waals surface area contributed by atoms with Crippen LogP contribution in [0.15, 0.2) is 66.7 Å². The molecule has 4 rings (SSSR count). The summed E-state index contributed by atoms with van der Waals surface area (Å²) in [5.74, 6) is 0.136. The number of carbonyl (C=O) groups is 2. The van der Waals surface area contributed by atoms with Crippen LogP contribution < -0.4 is 15.4 Å². The van der Waals surface area contributed by atoms with Gasteiger partial charge in [0.15, 0.2) is 0 Å². The van der Waals surface area contributed by atoms with Crippen molar-refractivity contribution >= 4 is 23.2 Å². The highest BCUT2D eigenvalue weighted by molar-refractivity contribution is 6.35. The fourth-order valence-electron chi connectivity index (χ4n) is 3.44. The van der Waals surface area contributed by atoms with Crippen molar-refractivity contribution in [2.45, 2.75) is 12.8 Å². The van der Waals surface area contributed by atoms with E-state index in [4.69, 9.17) is 10.5 Å². The Morgan fingerprint density at radius 1 is 0.821 bits per heavy atom. The molecule has 2 amide bonds. The van der Waals surface area contributed by atoms with Gasteiger partial charge in [-0.25, -0.2) is 4.90 Å². The van der Waals surface area contributed by atoms with Crippen LogP contribution >= 0.6 is 0 Å². The Balaban J connectivity index is 1.48. The molecule has 1 heterocycles. The van der Waals surface area contributed by atoms with Gasteiger partial charge in [-0.3, -0.25) is 9.59 Å². The lowest BCUT2D eigenvalue weighted by atomic mass is 10.0. The van der Waals surface area contributed by atoms with Gasteiger partial charge in [0.05, 0.1) is 23.9 Å². The average Bonchev–Trinajstić information content (AvgIpc) is 2.98. The van der Waals surface area contributed by atoms with E-state index >= 15 is 0 Å². The zero-order chi connectivity index (χ0) is 19.7. The van der Waals surface area contributed by atoms with Gasteiger partial charge in [0.2, 0.25) is 0 Å². The molecule has 0 bridgehead atoms. The highest BCUT2D eigenvalue weighted by Crippen LogP contribution is 2.31. The lowest BCUT2D eigenvalue weighted by Gasteiger charge is -2.14. The number of imide groups is 1. The minimum atomic E-state index is -0.371. The second kappa shape index (κ2) is 7.19. The predicted octanol–water partition coefficient (Wildman–Crippen LogP) is 3.86. The molecule has 0 fully saturated rings. The molecule has 0 aromatic heterocycles. The number of nitrogens with two attached hydrogens (primary N) is 1. The second-order valence-electron chi connectivity index (χ2n) is 6.73. The molecular formula is C23H20N2O3. The highest BCUT2D eigenvalue weighted by atomic mass is 16.5. The zero-order valence-corrected chi connectivity index (χ0v) is 15.5. The summed E-state index contributed by atoms with van der Waals surface area (Å²) in [7, 11) is 1.65. The van der Waals surface area contributed by atoms with E-state index in [1.165, 1.54) is 10.5 Å². The van der Waals surface area contributed by atoms with Crippen molar-refractivity contribution in [1.82, 2.24) is 0 Å². The monoisotopic (exact) mass is 372 g/mol. The maximum absolute atomic E-state index is 12.7. The smallest absolute Gasteiger partial charge is 0.268 e.